The van der Waals surface area contributed by atoms with Crippen molar-refractivity contribution in [2.75, 3.05) is 21.3 Å². The summed E-state index contributed by atoms with van der Waals surface area (Å²) in [6, 6.07) is 9.40. The first-order valence-electron chi connectivity index (χ1n) is 8.31. The van der Waals surface area contributed by atoms with E-state index in [-0.39, 0.29) is 5.56 Å². The molecule has 0 fully saturated rings. The smallest absolute Gasteiger partial charge is 0.279 e. The van der Waals surface area contributed by atoms with Gasteiger partial charge in [-0.2, -0.15) is 4.99 Å². The third-order valence-electron chi connectivity index (χ3n) is 4.08. The van der Waals surface area contributed by atoms with Crippen molar-refractivity contribution in [3.05, 3.63) is 63.7 Å². The van der Waals surface area contributed by atoms with Crippen LogP contribution in [-0.2, 0) is 0 Å². The van der Waals surface area contributed by atoms with E-state index in [0.717, 1.165) is 5.69 Å². The zero-order chi connectivity index (χ0) is 20.3. The normalized spacial score (nSPS) is 11.4. The zero-order valence-corrected chi connectivity index (χ0v) is 16.7. The average molecular weight is 402 g/mol. The number of para-hydroxylation sites is 1. The minimum Gasteiger partial charge on any atom is -0.493 e. The maximum atomic E-state index is 14.3. The number of hydrogen-bond donors (Lipinski definition) is 0. The standard InChI is InChI=1S/C20H19FN2O4S/c1-12-11-28-20(23(12)15-8-6-5-7-14(15)21)22-19(24)13-9-16(25-2)18(27-4)17(10-13)26-3/h5-11H,1-4H3. The van der Waals surface area contributed by atoms with Crippen molar-refractivity contribution in [3.8, 4) is 22.9 Å². The monoisotopic (exact) mass is 402 g/mol. The van der Waals surface area contributed by atoms with E-state index in [2.05, 4.69) is 4.99 Å². The molecule has 0 aliphatic heterocycles. The lowest BCUT2D eigenvalue weighted by molar-refractivity contribution is 0.0997. The summed E-state index contributed by atoms with van der Waals surface area (Å²) in [5.74, 6) is 0.182. The molecular weight excluding hydrogens is 383 g/mol. The highest BCUT2D eigenvalue weighted by atomic mass is 32.1. The Morgan fingerprint density at radius 2 is 1.71 bits per heavy atom. The lowest BCUT2D eigenvalue weighted by Gasteiger charge is -2.13. The summed E-state index contributed by atoms with van der Waals surface area (Å²) in [5, 5.41) is 1.81. The van der Waals surface area contributed by atoms with Crippen LogP contribution in [0.1, 0.15) is 16.1 Å². The van der Waals surface area contributed by atoms with Crippen molar-refractivity contribution >= 4 is 17.2 Å². The summed E-state index contributed by atoms with van der Waals surface area (Å²) in [4.78, 5) is 17.4. The molecule has 0 saturated heterocycles. The van der Waals surface area contributed by atoms with Crippen LogP contribution in [-0.4, -0.2) is 31.8 Å². The molecule has 0 radical (unpaired) electrons. The number of aromatic nitrogens is 1. The van der Waals surface area contributed by atoms with Gasteiger partial charge in [0.1, 0.15) is 5.82 Å². The van der Waals surface area contributed by atoms with Crippen LogP contribution in [0.15, 0.2) is 46.8 Å². The Hall–Kier alpha value is -3.13. The predicted octanol–water partition coefficient (Wildman–Crippen LogP) is 3.75. The molecule has 0 unspecified atom stereocenters. The Labute approximate surface area is 165 Å². The largest absolute Gasteiger partial charge is 0.493 e. The lowest BCUT2D eigenvalue weighted by Crippen LogP contribution is -2.17. The first kappa shape index (κ1) is 19.6. The Morgan fingerprint density at radius 1 is 1.07 bits per heavy atom. The molecule has 0 bridgehead atoms. The number of aryl methyl sites for hydroxylation is 1. The van der Waals surface area contributed by atoms with Crippen LogP contribution in [0.5, 0.6) is 17.2 Å². The third kappa shape index (κ3) is 3.63. The van der Waals surface area contributed by atoms with Crippen LogP contribution in [0.25, 0.3) is 5.69 Å². The molecule has 28 heavy (non-hydrogen) atoms. The topological polar surface area (TPSA) is 62.0 Å². The average Bonchev–Trinajstić information content (AvgIpc) is 3.06. The van der Waals surface area contributed by atoms with E-state index in [9.17, 15) is 9.18 Å². The number of amides is 1. The molecular formula is C20H19FN2O4S. The van der Waals surface area contributed by atoms with E-state index in [1.807, 2.05) is 12.3 Å². The molecule has 0 atom stereocenters. The highest BCUT2D eigenvalue weighted by Gasteiger charge is 2.17. The molecule has 6 nitrogen and oxygen atoms in total. The molecule has 2 aromatic carbocycles. The van der Waals surface area contributed by atoms with Gasteiger partial charge in [0, 0.05) is 16.6 Å². The van der Waals surface area contributed by atoms with E-state index in [0.29, 0.717) is 27.7 Å². The first-order chi connectivity index (χ1) is 13.5. The van der Waals surface area contributed by atoms with E-state index >= 15 is 0 Å². The first-order valence-corrected chi connectivity index (χ1v) is 9.19. The quantitative estimate of drug-likeness (QED) is 0.652. The molecule has 0 aliphatic carbocycles. The maximum absolute atomic E-state index is 14.3. The fourth-order valence-electron chi connectivity index (χ4n) is 2.75. The minimum atomic E-state index is -0.508. The summed E-state index contributed by atoms with van der Waals surface area (Å²) in [5.41, 5.74) is 1.37. The van der Waals surface area contributed by atoms with Gasteiger partial charge >= 0.3 is 0 Å². The second kappa shape index (κ2) is 8.26. The van der Waals surface area contributed by atoms with Crippen LogP contribution in [0.4, 0.5) is 4.39 Å². The van der Waals surface area contributed by atoms with Gasteiger partial charge in [-0.05, 0) is 31.2 Å². The molecule has 0 spiro atoms. The van der Waals surface area contributed by atoms with Crippen LogP contribution < -0.4 is 19.0 Å². The zero-order valence-electron chi connectivity index (χ0n) is 15.9. The highest BCUT2D eigenvalue weighted by Crippen LogP contribution is 2.38. The Bertz CT molecular complexity index is 1060. The van der Waals surface area contributed by atoms with Gasteiger partial charge in [-0.25, -0.2) is 4.39 Å². The van der Waals surface area contributed by atoms with Crippen molar-refractivity contribution in [2.45, 2.75) is 6.92 Å². The molecule has 1 aromatic heterocycles. The van der Waals surface area contributed by atoms with Crippen LogP contribution in [0.2, 0.25) is 0 Å². The third-order valence-corrected chi connectivity index (χ3v) is 5.02. The number of ether oxygens (including phenoxy) is 3. The number of nitrogens with zero attached hydrogens (tertiary/aromatic N) is 2. The van der Waals surface area contributed by atoms with Crippen molar-refractivity contribution in [1.82, 2.24) is 4.57 Å². The minimum absolute atomic E-state index is 0.264. The SMILES string of the molecule is COc1cc(C(=O)N=c2scc(C)n2-c2ccccc2F)cc(OC)c1OC. The van der Waals surface area contributed by atoms with Gasteiger partial charge in [-0.15, -0.1) is 11.3 Å². The molecule has 0 saturated carbocycles. The molecule has 1 heterocycles. The number of benzene rings is 2. The fraction of sp³-hybridized carbons (Fsp3) is 0.200. The number of rotatable bonds is 5. The molecule has 1 amide bonds. The molecule has 3 rings (SSSR count). The van der Waals surface area contributed by atoms with E-state index in [1.54, 1.807) is 22.8 Å². The Kier molecular flexibility index (Phi) is 5.79. The van der Waals surface area contributed by atoms with Crippen molar-refractivity contribution in [3.63, 3.8) is 0 Å². The van der Waals surface area contributed by atoms with Gasteiger partial charge in [0.25, 0.3) is 5.91 Å². The predicted molar refractivity (Wildman–Crippen MR) is 104 cm³/mol. The second-order valence-corrected chi connectivity index (χ2v) is 6.61. The number of methoxy groups -OCH3 is 3. The number of halogens is 1. The van der Waals surface area contributed by atoms with Crippen LogP contribution >= 0.6 is 11.3 Å². The fourth-order valence-corrected chi connectivity index (χ4v) is 3.62. The summed E-state index contributed by atoms with van der Waals surface area (Å²) in [6.45, 7) is 1.83. The maximum Gasteiger partial charge on any atom is 0.279 e. The molecule has 146 valence electrons. The molecule has 0 aliphatic rings. The van der Waals surface area contributed by atoms with Gasteiger partial charge in [-0.1, -0.05) is 12.1 Å². The number of thiazole rings is 1. The van der Waals surface area contributed by atoms with Crippen molar-refractivity contribution < 1.29 is 23.4 Å². The van der Waals surface area contributed by atoms with E-state index in [1.165, 1.54) is 50.9 Å². The molecule has 0 N–H and O–H groups in total. The molecule has 3 aromatic rings. The molecule has 8 heteroatoms. The van der Waals surface area contributed by atoms with Gasteiger partial charge in [0.2, 0.25) is 5.75 Å². The van der Waals surface area contributed by atoms with E-state index < -0.39 is 11.7 Å². The van der Waals surface area contributed by atoms with Gasteiger partial charge in [-0.3, -0.25) is 9.36 Å². The lowest BCUT2D eigenvalue weighted by atomic mass is 10.1. The highest BCUT2D eigenvalue weighted by molar-refractivity contribution is 7.07. The van der Waals surface area contributed by atoms with Gasteiger partial charge in [0.05, 0.1) is 27.0 Å². The van der Waals surface area contributed by atoms with Gasteiger partial charge in [0.15, 0.2) is 16.3 Å². The van der Waals surface area contributed by atoms with Crippen molar-refractivity contribution in [1.29, 1.82) is 0 Å². The summed E-state index contributed by atoms with van der Waals surface area (Å²) < 4.78 is 31.7. The summed E-state index contributed by atoms with van der Waals surface area (Å²) in [7, 11) is 4.42. The summed E-state index contributed by atoms with van der Waals surface area (Å²) in [6.07, 6.45) is 0. The van der Waals surface area contributed by atoms with Crippen LogP contribution in [0.3, 0.4) is 0 Å². The summed E-state index contributed by atoms with van der Waals surface area (Å²) >= 11 is 1.25. The second-order valence-electron chi connectivity index (χ2n) is 5.78. The number of carbonyl (C=O) groups excluding carboxylic acids is 1. The van der Waals surface area contributed by atoms with E-state index in [4.69, 9.17) is 14.2 Å². The number of hydrogen-bond acceptors (Lipinski definition) is 5. The van der Waals surface area contributed by atoms with Crippen molar-refractivity contribution in [2.24, 2.45) is 4.99 Å². The Morgan fingerprint density at radius 3 is 2.29 bits per heavy atom. The number of carbonyl (C=O) groups is 1. The van der Waals surface area contributed by atoms with Crippen LogP contribution in [0, 0.1) is 12.7 Å². The van der Waals surface area contributed by atoms with Gasteiger partial charge < -0.3 is 14.2 Å². The Balaban J connectivity index is 2.12.